The Morgan fingerprint density at radius 2 is 1.92 bits per heavy atom. The highest BCUT2D eigenvalue weighted by molar-refractivity contribution is 6.61. The fourth-order valence-electron chi connectivity index (χ4n) is 1.29. The minimum absolute atomic E-state index is 0.705. The lowest BCUT2D eigenvalue weighted by Gasteiger charge is -2.19. The Bertz CT molecular complexity index is 141. The Morgan fingerprint density at radius 1 is 1.31 bits per heavy atom. The summed E-state index contributed by atoms with van der Waals surface area (Å²) in [5, 5.41) is 0. The average molecular weight is 199 g/mol. The molecule has 0 bridgehead atoms. The predicted octanol–water partition coefficient (Wildman–Crippen LogP) is 2.82. The Morgan fingerprint density at radius 3 is 2.31 bits per heavy atom. The molecule has 0 aromatic carbocycles. The molecule has 0 aliphatic carbocycles. The third kappa shape index (κ3) is 7.02. The molecule has 0 radical (unpaired) electrons. The van der Waals surface area contributed by atoms with Gasteiger partial charge in [-0.05, 0) is 26.1 Å². The molecule has 2 heteroatoms. The third-order valence-corrected chi connectivity index (χ3v) is 5.23. The summed E-state index contributed by atoms with van der Waals surface area (Å²) in [5.41, 5.74) is 2.49. The quantitative estimate of drug-likeness (QED) is 0.595. The van der Waals surface area contributed by atoms with Crippen LogP contribution in [0.15, 0.2) is 11.8 Å². The molecule has 0 N–H and O–H groups in total. The molecule has 0 aliphatic heterocycles. The Kier molecular flexibility index (Phi) is 7.29. The normalized spacial score (nSPS) is 14.7. The summed E-state index contributed by atoms with van der Waals surface area (Å²) < 4.78 is 2.44. The molecule has 0 aliphatic rings. The van der Waals surface area contributed by atoms with Crippen LogP contribution in [0.1, 0.15) is 33.6 Å². The number of unbranched alkanes of at least 4 members (excludes halogenated alkanes) is 1. The van der Waals surface area contributed by atoms with Gasteiger partial charge in [0.05, 0.1) is 0 Å². The van der Waals surface area contributed by atoms with Crippen molar-refractivity contribution in [1.29, 1.82) is 0 Å². The van der Waals surface area contributed by atoms with Crippen LogP contribution in [-0.4, -0.2) is 27.6 Å². The SMILES string of the molecule is CCCC[SiH](C=CC(C)C)N(C)C. The molecule has 0 heterocycles. The van der Waals surface area contributed by atoms with Crippen molar-refractivity contribution in [2.24, 2.45) is 5.92 Å². The zero-order chi connectivity index (χ0) is 10.3. The van der Waals surface area contributed by atoms with E-state index in [-0.39, 0.29) is 0 Å². The summed E-state index contributed by atoms with van der Waals surface area (Å²) in [5.74, 6) is 0.705. The van der Waals surface area contributed by atoms with Crippen molar-refractivity contribution < 1.29 is 0 Å². The van der Waals surface area contributed by atoms with Gasteiger partial charge < -0.3 is 4.57 Å². The number of rotatable bonds is 6. The first-order valence-corrected chi connectivity index (χ1v) is 7.42. The van der Waals surface area contributed by atoms with Crippen molar-refractivity contribution >= 4 is 8.96 Å². The number of nitrogens with zero attached hydrogens (tertiary/aromatic N) is 1. The molecule has 0 saturated heterocycles. The topological polar surface area (TPSA) is 3.24 Å². The van der Waals surface area contributed by atoms with Crippen LogP contribution in [0.2, 0.25) is 6.04 Å². The Balaban J connectivity index is 3.94. The zero-order valence-electron chi connectivity index (χ0n) is 9.88. The van der Waals surface area contributed by atoms with Gasteiger partial charge in [0.2, 0.25) is 0 Å². The molecule has 78 valence electrons. The van der Waals surface area contributed by atoms with Gasteiger partial charge in [0.15, 0.2) is 0 Å². The van der Waals surface area contributed by atoms with Crippen LogP contribution in [0.4, 0.5) is 0 Å². The van der Waals surface area contributed by atoms with Gasteiger partial charge in [-0.3, -0.25) is 0 Å². The highest BCUT2D eigenvalue weighted by atomic mass is 28.3. The summed E-state index contributed by atoms with van der Waals surface area (Å²) in [4.78, 5) is 0. The summed E-state index contributed by atoms with van der Waals surface area (Å²) in [7, 11) is 3.71. The van der Waals surface area contributed by atoms with E-state index in [0.29, 0.717) is 5.92 Å². The van der Waals surface area contributed by atoms with E-state index in [0.717, 1.165) is 0 Å². The maximum absolute atomic E-state index is 2.49. The van der Waals surface area contributed by atoms with Gasteiger partial charge in [-0.15, -0.1) is 0 Å². The largest absolute Gasteiger partial charge is 0.328 e. The van der Waals surface area contributed by atoms with Crippen LogP contribution >= 0.6 is 0 Å². The summed E-state index contributed by atoms with van der Waals surface area (Å²) in [6.45, 7) is 6.77. The van der Waals surface area contributed by atoms with Crippen molar-refractivity contribution in [3.05, 3.63) is 11.8 Å². The first-order valence-electron chi connectivity index (χ1n) is 5.42. The molecule has 1 nitrogen and oxygen atoms in total. The molecular weight excluding hydrogens is 174 g/mol. The lowest BCUT2D eigenvalue weighted by atomic mass is 10.2. The second kappa shape index (κ2) is 7.33. The molecule has 0 spiro atoms. The lowest BCUT2D eigenvalue weighted by molar-refractivity contribution is 0.636. The van der Waals surface area contributed by atoms with E-state index >= 15 is 0 Å². The first-order chi connectivity index (χ1) is 6.07. The van der Waals surface area contributed by atoms with Crippen molar-refractivity contribution in [1.82, 2.24) is 4.57 Å². The molecule has 1 unspecified atom stereocenters. The monoisotopic (exact) mass is 199 g/mol. The van der Waals surface area contributed by atoms with Gasteiger partial charge >= 0.3 is 0 Å². The Hall–Kier alpha value is -0.0831. The van der Waals surface area contributed by atoms with E-state index < -0.39 is 8.96 Å². The number of hydrogen-bond acceptors (Lipinski definition) is 1. The van der Waals surface area contributed by atoms with Crippen molar-refractivity contribution in [2.45, 2.75) is 39.7 Å². The van der Waals surface area contributed by atoms with Crippen LogP contribution < -0.4 is 0 Å². The van der Waals surface area contributed by atoms with Crippen LogP contribution in [0.3, 0.4) is 0 Å². The van der Waals surface area contributed by atoms with E-state index in [1.165, 1.54) is 18.9 Å². The van der Waals surface area contributed by atoms with E-state index in [4.69, 9.17) is 0 Å². The minimum atomic E-state index is -0.728. The molecule has 0 rings (SSSR count). The van der Waals surface area contributed by atoms with E-state index in [9.17, 15) is 0 Å². The molecule has 0 fully saturated rings. The summed E-state index contributed by atoms with van der Waals surface area (Å²) in [6.07, 6.45) is 5.08. The van der Waals surface area contributed by atoms with E-state index in [2.05, 4.69) is 51.2 Å². The van der Waals surface area contributed by atoms with Crippen molar-refractivity contribution in [2.75, 3.05) is 14.1 Å². The van der Waals surface area contributed by atoms with Crippen LogP contribution in [0.5, 0.6) is 0 Å². The zero-order valence-corrected chi connectivity index (χ0v) is 11.0. The van der Waals surface area contributed by atoms with Crippen LogP contribution in [0.25, 0.3) is 0 Å². The fourth-order valence-corrected chi connectivity index (χ4v) is 3.87. The maximum Gasteiger partial charge on any atom is 0.135 e. The van der Waals surface area contributed by atoms with Crippen LogP contribution in [0, 0.1) is 5.92 Å². The molecule has 0 amide bonds. The summed E-state index contributed by atoms with van der Waals surface area (Å²) in [6, 6.07) is 1.42. The standard InChI is InChI=1S/C11H25NSi/c1-6-7-9-13(12(4)5)10-8-11(2)3/h8,10-11,13H,6-7,9H2,1-5H3. The average Bonchev–Trinajstić information content (AvgIpc) is 2.03. The highest BCUT2D eigenvalue weighted by Crippen LogP contribution is 2.06. The first kappa shape index (κ1) is 12.9. The maximum atomic E-state index is 2.49. The van der Waals surface area contributed by atoms with Crippen molar-refractivity contribution in [3.63, 3.8) is 0 Å². The Labute approximate surface area is 85.5 Å². The van der Waals surface area contributed by atoms with E-state index in [1.54, 1.807) is 0 Å². The molecule has 13 heavy (non-hydrogen) atoms. The number of hydrogen-bond donors (Lipinski definition) is 0. The van der Waals surface area contributed by atoms with Gasteiger partial charge in [-0.25, -0.2) is 0 Å². The molecule has 1 atom stereocenters. The van der Waals surface area contributed by atoms with Gasteiger partial charge in [0.25, 0.3) is 0 Å². The van der Waals surface area contributed by atoms with E-state index in [1.807, 2.05) is 0 Å². The lowest BCUT2D eigenvalue weighted by Crippen LogP contribution is -2.30. The molecule has 0 saturated carbocycles. The minimum Gasteiger partial charge on any atom is -0.328 e. The molecule has 0 aromatic heterocycles. The smallest absolute Gasteiger partial charge is 0.135 e. The van der Waals surface area contributed by atoms with Gasteiger partial charge in [0.1, 0.15) is 8.96 Å². The van der Waals surface area contributed by atoms with Gasteiger partial charge in [-0.2, -0.15) is 0 Å². The second-order valence-corrected chi connectivity index (χ2v) is 7.43. The highest BCUT2D eigenvalue weighted by Gasteiger charge is 2.08. The fraction of sp³-hybridized carbons (Fsp3) is 0.818. The number of allylic oxidation sites excluding steroid dienone is 1. The summed E-state index contributed by atoms with van der Waals surface area (Å²) >= 11 is 0. The van der Waals surface area contributed by atoms with Gasteiger partial charge in [-0.1, -0.05) is 45.4 Å². The predicted molar refractivity (Wildman–Crippen MR) is 64.5 cm³/mol. The third-order valence-electron chi connectivity index (χ3n) is 2.23. The van der Waals surface area contributed by atoms with Crippen LogP contribution in [-0.2, 0) is 0 Å². The second-order valence-electron chi connectivity index (χ2n) is 4.30. The molecule has 0 aromatic rings. The molecular formula is C11H25NSi. The van der Waals surface area contributed by atoms with Gasteiger partial charge in [0, 0.05) is 0 Å². The van der Waals surface area contributed by atoms with Crippen molar-refractivity contribution in [3.8, 4) is 0 Å².